The van der Waals surface area contributed by atoms with E-state index >= 15 is 0 Å². The second-order valence-corrected chi connectivity index (χ2v) is 11.0. The summed E-state index contributed by atoms with van der Waals surface area (Å²) in [5.74, 6) is 0.827. The molecule has 10 heteroatoms. The Morgan fingerprint density at radius 1 is 0.650 bits per heavy atom. The van der Waals surface area contributed by atoms with Gasteiger partial charge in [-0.25, -0.2) is 9.59 Å². The standard InChI is InChI=1S/C30H44N2O8/c1-29(2)23(37-27(35)39-29)17-15-21-31(5)25(33)19-13-11-9-7-8-10-12-14-20-26(34)32(6)22-16-18-24-30(3,4)40-28(36)38-24/h13-14,17-20H,7-12,15-16,21-22H2,1-6H3/b19-13+,20-14?,23-17+,24-18+. The monoisotopic (exact) mass is 560 g/mol. The highest BCUT2D eigenvalue weighted by molar-refractivity contribution is 5.87. The van der Waals surface area contributed by atoms with Gasteiger partial charge < -0.3 is 28.7 Å². The lowest BCUT2D eigenvalue weighted by molar-refractivity contribution is -0.125. The normalized spacial score (nSPS) is 19.6. The number of likely N-dealkylation sites (N-methyl/N-ethyl adjacent to an activating group) is 2. The van der Waals surface area contributed by atoms with Crippen LogP contribution in [0.1, 0.15) is 79.1 Å². The molecule has 0 saturated carbocycles. The van der Waals surface area contributed by atoms with Crippen LogP contribution in [0.4, 0.5) is 9.59 Å². The van der Waals surface area contributed by atoms with Gasteiger partial charge in [0.05, 0.1) is 0 Å². The number of carbonyl (C=O) groups excluding carboxylic acids is 4. The highest BCUT2D eigenvalue weighted by Gasteiger charge is 2.39. The van der Waals surface area contributed by atoms with E-state index in [0.717, 1.165) is 38.5 Å². The highest BCUT2D eigenvalue weighted by Crippen LogP contribution is 2.30. The fraction of sp³-hybridized carbons (Fsp3) is 0.600. The molecular formula is C30H44N2O8. The van der Waals surface area contributed by atoms with Gasteiger partial charge in [0.15, 0.2) is 22.7 Å². The Hall–Kier alpha value is -3.56. The van der Waals surface area contributed by atoms with Crippen molar-refractivity contribution in [2.75, 3.05) is 27.2 Å². The predicted octanol–water partition coefficient (Wildman–Crippen LogP) is 5.80. The molecule has 40 heavy (non-hydrogen) atoms. The van der Waals surface area contributed by atoms with Crippen molar-refractivity contribution in [1.82, 2.24) is 9.80 Å². The van der Waals surface area contributed by atoms with Gasteiger partial charge in [-0.2, -0.15) is 0 Å². The number of hydrogen-bond donors (Lipinski definition) is 0. The van der Waals surface area contributed by atoms with Crippen LogP contribution in [0.2, 0.25) is 0 Å². The lowest BCUT2D eigenvalue weighted by Gasteiger charge is -2.16. The maximum atomic E-state index is 12.3. The van der Waals surface area contributed by atoms with E-state index in [1.54, 1.807) is 75.9 Å². The van der Waals surface area contributed by atoms with Gasteiger partial charge in [0.25, 0.3) is 0 Å². The summed E-state index contributed by atoms with van der Waals surface area (Å²) >= 11 is 0. The largest absolute Gasteiger partial charge is 0.514 e. The Labute approximate surface area is 237 Å². The molecule has 0 aromatic heterocycles. The third-order valence-electron chi connectivity index (χ3n) is 6.60. The van der Waals surface area contributed by atoms with E-state index < -0.39 is 23.5 Å². The third-order valence-corrected chi connectivity index (χ3v) is 6.60. The van der Waals surface area contributed by atoms with Gasteiger partial charge in [0.1, 0.15) is 0 Å². The Morgan fingerprint density at radius 3 is 1.35 bits per heavy atom. The predicted molar refractivity (Wildman–Crippen MR) is 150 cm³/mol. The second kappa shape index (κ2) is 15.3. The second-order valence-electron chi connectivity index (χ2n) is 11.0. The Balaban J connectivity index is 1.51. The van der Waals surface area contributed by atoms with Crippen molar-refractivity contribution in [1.29, 1.82) is 0 Å². The fourth-order valence-electron chi connectivity index (χ4n) is 4.06. The SMILES string of the molecule is CN(CC/C=C1/OC(=O)OC1(C)C)C(=O)C=CCCCCCC/C=C/C(=O)N(C)CC/C=C1/OC(=O)OC1(C)C. The van der Waals surface area contributed by atoms with Gasteiger partial charge in [-0.1, -0.05) is 25.0 Å². The maximum Gasteiger partial charge on any atom is 0.514 e. The van der Waals surface area contributed by atoms with Crippen LogP contribution >= 0.6 is 0 Å². The fourth-order valence-corrected chi connectivity index (χ4v) is 4.06. The Morgan fingerprint density at radius 2 is 1.02 bits per heavy atom. The topological polar surface area (TPSA) is 112 Å². The van der Waals surface area contributed by atoms with Crippen LogP contribution in [-0.4, -0.2) is 72.3 Å². The summed E-state index contributed by atoms with van der Waals surface area (Å²) in [4.78, 5) is 50.3. The van der Waals surface area contributed by atoms with Crippen molar-refractivity contribution in [2.45, 2.75) is 90.3 Å². The average molecular weight is 561 g/mol. The van der Waals surface area contributed by atoms with Crippen molar-refractivity contribution in [3.63, 3.8) is 0 Å². The van der Waals surface area contributed by atoms with Crippen molar-refractivity contribution >= 4 is 24.1 Å². The van der Waals surface area contributed by atoms with Gasteiger partial charge in [-0.15, -0.1) is 0 Å². The van der Waals surface area contributed by atoms with Crippen LogP contribution in [0, 0.1) is 0 Å². The van der Waals surface area contributed by atoms with E-state index in [4.69, 9.17) is 18.9 Å². The van der Waals surface area contributed by atoms with Gasteiger partial charge in [0, 0.05) is 27.2 Å². The molecule has 2 amide bonds. The van der Waals surface area contributed by atoms with Gasteiger partial charge >= 0.3 is 12.3 Å². The molecule has 2 saturated heterocycles. The van der Waals surface area contributed by atoms with E-state index in [9.17, 15) is 19.2 Å². The zero-order valence-corrected chi connectivity index (χ0v) is 24.7. The first-order chi connectivity index (χ1) is 18.8. The summed E-state index contributed by atoms with van der Waals surface area (Å²) in [5, 5.41) is 0. The number of nitrogens with zero attached hydrogens (tertiary/aromatic N) is 2. The maximum absolute atomic E-state index is 12.3. The van der Waals surface area contributed by atoms with Crippen molar-refractivity contribution in [3.8, 4) is 0 Å². The van der Waals surface area contributed by atoms with E-state index in [1.165, 1.54) is 0 Å². The molecule has 0 aromatic rings. The van der Waals surface area contributed by atoms with Crippen LogP contribution in [0.3, 0.4) is 0 Å². The molecule has 2 aliphatic heterocycles. The number of ether oxygens (including phenoxy) is 4. The number of unbranched alkanes of at least 4 members (excludes halogenated alkanes) is 5. The minimum Gasteiger partial charge on any atom is -0.420 e. The molecule has 2 rings (SSSR count). The van der Waals surface area contributed by atoms with Gasteiger partial charge in [0.2, 0.25) is 11.8 Å². The van der Waals surface area contributed by atoms with Crippen molar-refractivity contribution < 1.29 is 38.1 Å². The summed E-state index contributed by atoms with van der Waals surface area (Å²) < 4.78 is 20.3. The molecule has 0 atom stereocenters. The van der Waals surface area contributed by atoms with E-state index in [-0.39, 0.29) is 11.8 Å². The first kappa shape index (κ1) is 32.7. The van der Waals surface area contributed by atoms with Crippen molar-refractivity contribution in [3.05, 3.63) is 48.0 Å². The van der Waals surface area contributed by atoms with Crippen molar-refractivity contribution in [2.24, 2.45) is 0 Å². The number of cyclic esters (lactones) is 4. The smallest absolute Gasteiger partial charge is 0.420 e. The molecule has 0 aromatic carbocycles. The van der Waals surface area contributed by atoms with Crippen LogP contribution in [-0.2, 0) is 28.5 Å². The van der Waals surface area contributed by atoms with E-state index in [0.29, 0.717) is 37.4 Å². The summed E-state index contributed by atoms with van der Waals surface area (Å²) in [5.41, 5.74) is -1.54. The van der Waals surface area contributed by atoms with Gasteiger partial charge in [-0.3, -0.25) is 9.59 Å². The zero-order chi connectivity index (χ0) is 29.8. The molecule has 222 valence electrons. The third kappa shape index (κ3) is 10.9. The molecule has 10 nitrogen and oxygen atoms in total. The van der Waals surface area contributed by atoms with Gasteiger partial charge in [-0.05, 0) is 90.5 Å². The quantitative estimate of drug-likeness (QED) is 0.140. The first-order valence-electron chi connectivity index (χ1n) is 13.9. The number of hydrogen-bond acceptors (Lipinski definition) is 8. The zero-order valence-electron chi connectivity index (χ0n) is 24.7. The molecular weight excluding hydrogens is 516 g/mol. The molecule has 0 bridgehead atoms. The lowest BCUT2D eigenvalue weighted by atomic mass is 10.1. The summed E-state index contributed by atoms with van der Waals surface area (Å²) in [6.45, 7) is 8.06. The van der Waals surface area contributed by atoms with Crippen LogP contribution < -0.4 is 0 Å². The molecule has 2 heterocycles. The molecule has 0 unspecified atom stereocenters. The molecule has 0 aliphatic carbocycles. The number of rotatable bonds is 15. The van der Waals surface area contributed by atoms with E-state index in [2.05, 4.69) is 0 Å². The summed E-state index contributed by atoms with van der Waals surface area (Å²) in [7, 11) is 3.48. The molecule has 2 fully saturated rings. The minimum atomic E-state index is -0.771. The Bertz CT molecular complexity index is 956. The van der Waals surface area contributed by atoms with Crippen LogP contribution in [0.25, 0.3) is 0 Å². The lowest BCUT2D eigenvalue weighted by Crippen LogP contribution is -2.26. The minimum absolute atomic E-state index is 0.0615. The van der Waals surface area contributed by atoms with E-state index in [1.807, 2.05) is 12.2 Å². The summed E-state index contributed by atoms with van der Waals surface area (Å²) in [6.07, 6.45) is 16.1. The first-order valence-corrected chi connectivity index (χ1v) is 13.9. The summed E-state index contributed by atoms with van der Waals surface area (Å²) in [6, 6.07) is 0. The molecule has 0 N–H and O–H groups in total. The number of allylic oxidation sites excluding steroid dienone is 2. The number of carbonyl (C=O) groups is 4. The molecule has 2 aliphatic rings. The van der Waals surface area contributed by atoms with Crippen LogP contribution in [0.15, 0.2) is 48.0 Å². The highest BCUT2D eigenvalue weighted by atomic mass is 16.8. The van der Waals surface area contributed by atoms with Crippen LogP contribution in [0.5, 0.6) is 0 Å². The Kier molecular flexibility index (Phi) is 12.5. The average Bonchev–Trinajstić information content (AvgIpc) is 3.29. The molecule has 0 spiro atoms. The molecule has 0 radical (unpaired) electrons. The number of amides is 2.